The van der Waals surface area contributed by atoms with Crippen molar-refractivity contribution < 1.29 is 28.1 Å². The van der Waals surface area contributed by atoms with Gasteiger partial charge in [-0.05, 0) is 105 Å². The predicted molar refractivity (Wildman–Crippen MR) is 149 cm³/mol. The minimum absolute atomic E-state index is 0.0655. The summed E-state index contributed by atoms with van der Waals surface area (Å²) in [6.45, 7) is 2.68. The van der Waals surface area contributed by atoms with Crippen LogP contribution in [0.3, 0.4) is 0 Å². The van der Waals surface area contributed by atoms with Gasteiger partial charge in [0, 0.05) is 28.6 Å². The zero-order valence-electron chi connectivity index (χ0n) is 21.9. The highest BCUT2D eigenvalue weighted by atomic mass is 35.5. The van der Waals surface area contributed by atoms with Crippen LogP contribution in [0.15, 0.2) is 53.6 Å². The molecule has 4 rings (SSSR count). The van der Waals surface area contributed by atoms with Gasteiger partial charge in [-0.25, -0.2) is 0 Å². The molecule has 10 heteroatoms. The molecule has 1 fully saturated rings. The van der Waals surface area contributed by atoms with Crippen molar-refractivity contribution >= 4 is 34.3 Å². The monoisotopic (exact) mass is 582 g/mol. The number of likely N-dealkylation sites (tertiary alicyclic amines) is 1. The van der Waals surface area contributed by atoms with Gasteiger partial charge in [-0.3, -0.25) is 4.98 Å². The number of hydrogen-bond donors (Lipinski definition) is 2. The summed E-state index contributed by atoms with van der Waals surface area (Å²) in [5, 5.41) is 22.6. The molecule has 0 amide bonds. The lowest BCUT2D eigenvalue weighted by atomic mass is 9.74. The van der Waals surface area contributed by atoms with Gasteiger partial charge < -0.3 is 19.8 Å². The van der Waals surface area contributed by atoms with E-state index in [2.05, 4.69) is 9.88 Å². The third kappa shape index (κ3) is 7.58. The molecular formula is C29H34ClF3N2O3S. The number of methoxy groups -OCH3 is 1. The number of pyridine rings is 1. The molecule has 1 saturated heterocycles. The fourth-order valence-electron chi connectivity index (χ4n) is 5.18. The number of fused-ring (bicyclic) bond motifs is 1. The molecule has 1 atom stereocenters. The van der Waals surface area contributed by atoms with Crippen LogP contribution in [0, 0.1) is 5.41 Å². The lowest BCUT2D eigenvalue weighted by Crippen LogP contribution is -2.42. The number of nitrogens with zero attached hydrogens (tertiary/aromatic N) is 2. The van der Waals surface area contributed by atoms with Crippen LogP contribution in [-0.4, -0.2) is 59.2 Å². The van der Waals surface area contributed by atoms with Crippen LogP contribution in [0.4, 0.5) is 13.2 Å². The maximum Gasteiger partial charge on any atom is 0.416 e. The first kappa shape index (κ1) is 29.9. The van der Waals surface area contributed by atoms with E-state index in [9.17, 15) is 23.4 Å². The predicted octanol–water partition coefficient (Wildman–Crippen LogP) is 6.99. The fraction of sp³-hybridized carbons (Fsp3) is 0.483. The molecule has 2 N–H and O–H groups in total. The van der Waals surface area contributed by atoms with Gasteiger partial charge in [-0.1, -0.05) is 11.6 Å². The summed E-state index contributed by atoms with van der Waals surface area (Å²) in [5.74, 6) is 1.49. The summed E-state index contributed by atoms with van der Waals surface area (Å²) in [6, 6.07) is 10.8. The second kappa shape index (κ2) is 13.1. The number of ether oxygens (including phenoxy) is 1. The molecule has 1 aliphatic rings. The van der Waals surface area contributed by atoms with E-state index < -0.39 is 17.8 Å². The van der Waals surface area contributed by atoms with Gasteiger partial charge in [0.05, 0.1) is 29.3 Å². The van der Waals surface area contributed by atoms with Crippen LogP contribution in [-0.2, 0) is 6.18 Å². The number of rotatable bonds is 11. The van der Waals surface area contributed by atoms with Gasteiger partial charge >= 0.3 is 6.18 Å². The van der Waals surface area contributed by atoms with E-state index in [-0.39, 0.29) is 12.0 Å². The number of aromatic nitrogens is 1. The number of hydrogen-bond acceptors (Lipinski definition) is 6. The molecule has 3 aromatic rings. The van der Waals surface area contributed by atoms with Gasteiger partial charge in [0.25, 0.3) is 0 Å². The maximum absolute atomic E-state index is 12.7. The van der Waals surface area contributed by atoms with E-state index in [1.807, 2.05) is 18.2 Å². The number of benzene rings is 2. The Hall–Kier alpha value is -2.04. The highest BCUT2D eigenvalue weighted by Gasteiger charge is 2.35. The Balaban J connectivity index is 1.26. The first-order valence-electron chi connectivity index (χ1n) is 13.1. The highest BCUT2D eigenvalue weighted by molar-refractivity contribution is 7.99. The van der Waals surface area contributed by atoms with Crippen molar-refractivity contribution in [2.75, 3.05) is 39.1 Å². The second-order valence-electron chi connectivity index (χ2n) is 10.2. The van der Waals surface area contributed by atoms with Crippen molar-refractivity contribution in [1.82, 2.24) is 9.88 Å². The number of thioether (sulfide) groups is 1. The summed E-state index contributed by atoms with van der Waals surface area (Å²) in [7, 11) is 1.59. The highest BCUT2D eigenvalue weighted by Crippen LogP contribution is 2.40. The van der Waals surface area contributed by atoms with E-state index in [0.717, 1.165) is 72.6 Å². The third-order valence-electron chi connectivity index (χ3n) is 7.67. The zero-order chi connectivity index (χ0) is 28.0. The maximum atomic E-state index is 12.7. The van der Waals surface area contributed by atoms with Crippen LogP contribution in [0.2, 0.25) is 5.02 Å². The average molecular weight is 583 g/mol. The van der Waals surface area contributed by atoms with E-state index in [1.54, 1.807) is 25.1 Å². The van der Waals surface area contributed by atoms with Crippen LogP contribution in [0.25, 0.3) is 10.9 Å². The van der Waals surface area contributed by atoms with Gasteiger partial charge in [-0.15, -0.1) is 11.8 Å². The third-order valence-corrected chi connectivity index (χ3v) is 9.07. The topological polar surface area (TPSA) is 65.8 Å². The molecule has 212 valence electrons. The molecule has 5 nitrogen and oxygen atoms in total. The molecule has 0 bridgehead atoms. The van der Waals surface area contributed by atoms with Crippen LogP contribution >= 0.6 is 23.4 Å². The van der Waals surface area contributed by atoms with E-state index >= 15 is 0 Å². The molecule has 2 aromatic carbocycles. The summed E-state index contributed by atoms with van der Waals surface area (Å²) in [4.78, 5) is 7.57. The van der Waals surface area contributed by atoms with Gasteiger partial charge in [0.2, 0.25) is 0 Å². The lowest BCUT2D eigenvalue weighted by Gasteiger charge is -2.41. The number of aliphatic hydroxyl groups excluding tert-OH is 2. The SMILES string of the molecule is COc1ccc2ncc(Cl)c(C(O)CCC3(CO)CCN(CCCSc4ccc(C(F)(F)F)cc4)CC3)c2c1. The van der Waals surface area contributed by atoms with Crippen molar-refractivity contribution in [3.8, 4) is 5.75 Å². The minimum atomic E-state index is -4.31. The van der Waals surface area contributed by atoms with Crippen LogP contribution in [0.5, 0.6) is 5.75 Å². The van der Waals surface area contributed by atoms with Crippen molar-refractivity contribution in [3.63, 3.8) is 0 Å². The average Bonchev–Trinajstić information content (AvgIpc) is 2.94. The minimum Gasteiger partial charge on any atom is -0.497 e. The van der Waals surface area contributed by atoms with E-state index in [1.165, 1.54) is 12.1 Å². The Morgan fingerprint density at radius 3 is 2.51 bits per heavy atom. The molecule has 0 saturated carbocycles. The van der Waals surface area contributed by atoms with E-state index in [4.69, 9.17) is 16.3 Å². The van der Waals surface area contributed by atoms with Gasteiger partial charge in [0.15, 0.2) is 0 Å². The molecular weight excluding hydrogens is 549 g/mol. The van der Waals surface area contributed by atoms with Crippen molar-refractivity contribution in [3.05, 3.63) is 64.8 Å². The number of aliphatic hydroxyl groups is 2. The zero-order valence-corrected chi connectivity index (χ0v) is 23.5. The molecule has 0 spiro atoms. The molecule has 1 aromatic heterocycles. The molecule has 0 radical (unpaired) electrons. The molecule has 2 heterocycles. The molecule has 1 unspecified atom stereocenters. The van der Waals surface area contributed by atoms with Gasteiger partial charge in [-0.2, -0.15) is 13.2 Å². The number of piperidine rings is 1. The largest absolute Gasteiger partial charge is 0.497 e. The number of halogens is 4. The van der Waals surface area contributed by atoms with Crippen LogP contribution in [0.1, 0.15) is 49.3 Å². The quantitative estimate of drug-likeness (QED) is 0.188. The summed E-state index contributed by atoms with van der Waals surface area (Å²) in [5.41, 5.74) is 0.490. The Bertz CT molecular complexity index is 1230. The smallest absolute Gasteiger partial charge is 0.416 e. The molecule has 1 aliphatic heterocycles. The van der Waals surface area contributed by atoms with Crippen LogP contribution < -0.4 is 4.74 Å². The molecule has 0 aliphatic carbocycles. The van der Waals surface area contributed by atoms with Crippen molar-refractivity contribution in [2.45, 2.75) is 49.3 Å². The summed E-state index contributed by atoms with van der Waals surface area (Å²) < 4.78 is 43.5. The van der Waals surface area contributed by atoms with Crippen molar-refractivity contribution in [1.29, 1.82) is 0 Å². The lowest BCUT2D eigenvalue weighted by molar-refractivity contribution is -0.137. The van der Waals surface area contributed by atoms with Crippen molar-refractivity contribution in [2.24, 2.45) is 5.41 Å². The Morgan fingerprint density at radius 2 is 1.87 bits per heavy atom. The first-order valence-corrected chi connectivity index (χ1v) is 14.4. The number of alkyl halides is 3. The fourth-order valence-corrected chi connectivity index (χ4v) is 6.29. The second-order valence-corrected chi connectivity index (χ2v) is 11.8. The Kier molecular flexibility index (Phi) is 10.0. The van der Waals surface area contributed by atoms with Gasteiger partial charge in [0.1, 0.15) is 5.75 Å². The van der Waals surface area contributed by atoms with E-state index in [0.29, 0.717) is 29.2 Å². The Morgan fingerprint density at radius 1 is 1.15 bits per heavy atom. The normalized spacial score (nSPS) is 16.9. The molecule has 39 heavy (non-hydrogen) atoms. The summed E-state index contributed by atoms with van der Waals surface area (Å²) in [6.07, 6.45) is 0.195. The first-order chi connectivity index (χ1) is 18.6. The Labute approximate surface area is 236 Å². The standard InChI is InChI=1S/C29H34ClF3N2O3S/c1-38-21-5-8-25-23(17-21)27(24(30)18-34-25)26(37)9-10-28(19-36)11-14-35(15-12-28)13-2-16-39-22-6-3-20(4-7-22)29(31,32)33/h3-8,17-18,26,36-37H,2,9-16,19H2,1H3. The summed E-state index contributed by atoms with van der Waals surface area (Å²) >= 11 is 8.02.